The molecule has 7 nitrogen and oxygen atoms in total. The van der Waals surface area contributed by atoms with Crippen LogP contribution in [0.1, 0.15) is 21.5 Å². The largest absolute Gasteiger partial charge is 0.481 e. The summed E-state index contributed by atoms with van der Waals surface area (Å²) >= 11 is 5.95. The monoisotopic (exact) mass is 567 g/mol. The van der Waals surface area contributed by atoms with Crippen LogP contribution in [0.2, 0.25) is 5.02 Å². The molecule has 0 aliphatic heterocycles. The molecule has 10 heteroatoms. The quantitative estimate of drug-likeness (QED) is 0.222. The van der Waals surface area contributed by atoms with Crippen molar-refractivity contribution in [3.8, 4) is 11.5 Å². The number of ether oxygens (including phenoxy) is 1. The fourth-order valence-electron chi connectivity index (χ4n) is 3.78. The molecular formula is C29H23ClFNO6S. The number of amides is 1. The van der Waals surface area contributed by atoms with Crippen LogP contribution in [0.4, 0.5) is 10.1 Å². The number of carboxylic acid groups (broad SMARTS) is 1. The van der Waals surface area contributed by atoms with Crippen LogP contribution in [0.3, 0.4) is 0 Å². The van der Waals surface area contributed by atoms with E-state index in [4.69, 9.17) is 16.3 Å². The van der Waals surface area contributed by atoms with E-state index in [1.54, 1.807) is 66.7 Å². The molecule has 200 valence electrons. The number of benzene rings is 4. The number of halogens is 2. The number of carbonyl (C=O) groups excluding carboxylic acids is 1. The number of carboxylic acids is 1. The summed E-state index contributed by atoms with van der Waals surface area (Å²) in [5, 5.41) is 12.4. The maximum absolute atomic E-state index is 13.2. The van der Waals surface area contributed by atoms with Crippen LogP contribution in [-0.4, -0.2) is 31.2 Å². The Hall–Kier alpha value is -4.21. The van der Waals surface area contributed by atoms with Crippen molar-refractivity contribution in [2.45, 2.75) is 17.7 Å². The summed E-state index contributed by atoms with van der Waals surface area (Å²) in [6.45, 7) is 0. The minimum atomic E-state index is -3.73. The third-order valence-corrected chi connectivity index (χ3v) is 7.69. The molecular weight excluding hydrogens is 545 g/mol. The maximum atomic E-state index is 13.2. The molecule has 1 amide bonds. The molecule has 0 saturated carbocycles. The summed E-state index contributed by atoms with van der Waals surface area (Å²) in [7, 11) is -3.73. The molecule has 4 aromatic rings. The number of nitrogens with one attached hydrogen (secondary N) is 1. The van der Waals surface area contributed by atoms with Crippen molar-refractivity contribution in [2.75, 3.05) is 11.1 Å². The molecule has 4 rings (SSSR count). The molecule has 4 aromatic carbocycles. The highest BCUT2D eigenvalue weighted by Crippen LogP contribution is 2.29. The Morgan fingerprint density at radius 3 is 2.31 bits per heavy atom. The fraction of sp³-hybridized carbons (Fsp3) is 0.103. The highest BCUT2D eigenvalue weighted by atomic mass is 35.5. The van der Waals surface area contributed by atoms with Gasteiger partial charge in [-0.1, -0.05) is 29.8 Å². The van der Waals surface area contributed by atoms with Gasteiger partial charge in [-0.2, -0.15) is 0 Å². The van der Waals surface area contributed by atoms with E-state index in [9.17, 15) is 27.5 Å². The van der Waals surface area contributed by atoms with Gasteiger partial charge in [0.15, 0.2) is 9.84 Å². The summed E-state index contributed by atoms with van der Waals surface area (Å²) in [6.07, 6.45) is -0.199. The smallest absolute Gasteiger partial charge is 0.307 e. The van der Waals surface area contributed by atoms with Gasteiger partial charge in [0.1, 0.15) is 17.3 Å². The van der Waals surface area contributed by atoms with Gasteiger partial charge in [-0.05, 0) is 90.3 Å². The minimum absolute atomic E-state index is 0.0107. The Morgan fingerprint density at radius 1 is 0.923 bits per heavy atom. The molecule has 0 fully saturated rings. The van der Waals surface area contributed by atoms with Gasteiger partial charge < -0.3 is 15.2 Å². The van der Waals surface area contributed by atoms with Gasteiger partial charge in [0.05, 0.1) is 17.1 Å². The van der Waals surface area contributed by atoms with Crippen molar-refractivity contribution in [3.05, 3.63) is 119 Å². The predicted octanol–water partition coefficient (Wildman–Crippen LogP) is 6.17. The van der Waals surface area contributed by atoms with Gasteiger partial charge in [-0.25, -0.2) is 12.8 Å². The van der Waals surface area contributed by atoms with Crippen molar-refractivity contribution < 1.29 is 32.2 Å². The highest BCUT2D eigenvalue weighted by Gasteiger charge is 2.17. The molecule has 2 N–H and O–H groups in total. The summed E-state index contributed by atoms with van der Waals surface area (Å²) in [5.41, 5.74) is 1.92. The zero-order chi connectivity index (χ0) is 28.0. The number of hydrogen-bond acceptors (Lipinski definition) is 5. The van der Waals surface area contributed by atoms with E-state index < -0.39 is 21.6 Å². The van der Waals surface area contributed by atoms with Gasteiger partial charge >= 0.3 is 5.97 Å². The number of aliphatic carboxylic acids is 1. The molecule has 0 bridgehead atoms. The Morgan fingerprint density at radius 2 is 1.64 bits per heavy atom. The molecule has 0 aliphatic rings. The molecule has 0 heterocycles. The first-order valence-electron chi connectivity index (χ1n) is 11.8. The average Bonchev–Trinajstić information content (AvgIpc) is 2.89. The van der Waals surface area contributed by atoms with E-state index in [-0.39, 0.29) is 29.4 Å². The second-order valence-electron chi connectivity index (χ2n) is 8.63. The molecule has 0 atom stereocenters. The van der Waals surface area contributed by atoms with E-state index >= 15 is 0 Å². The third-order valence-electron chi connectivity index (χ3n) is 5.72. The van der Waals surface area contributed by atoms with Gasteiger partial charge in [0, 0.05) is 16.3 Å². The molecule has 39 heavy (non-hydrogen) atoms. The SMILES string of the molecule is O=C(O)Cc1ccc(Oc2ccc(NC(=O)c3cccc(Cl)c3)cc2)c(CCS(=O)(=O)c2ccc(F)cc2)c1. The third kappa shape index (κ3) is 7.66. The molecule has 0 aromatic heterocycles. The zero-order valence-corrected chi connectivity index (χ0v) is 22.0. The van der Waals surface area contributed by atoms with E-state index in [1.165, 1.54) is 12.1 Å². The first kappa shape index (κ1) is 27.8. The van der Waals surface area contributed by atoms with Crippen molar-refractivity contribution >= 4 is 39.0 Å². The van der Waals surface area contributed by atoms with Crippen molar-refractivity contribution in [1.82, 2.24) is 0 Å². The molecule has 0 spiro atoms. The normalized spacial score (nSPS) is 11.1. The minimum Gasteiger partial charge on any atom is -0.481 e. The van der Waals surface area contributed by atoms with Gasteiger partial charge in [-0.3, -0.25) is 9.59 Å². The lowest BCUT2D eigenvalue weighted by molar-refractivity contribution is -0.136. The second-order valence-corrected chi connectivity index (χ2v) is 11.2. The Labute approximate surface area is 229 Å². The molecule has 0 radical (unpaired) electrons. The van der Waals surface area contributed by atoms with Gasteiger partial charge in [-0.15, -0.1) is 0 Å². The zero-order valence-electron chi connectivity index (χ0n) is 20.4. The van der Waals surface area contributed by atoms with Crippen LogP contribution in [0.5, 0.6) is 11.5 Å². The predicted molar refractivity (Wildman–Crippen MR) is 146 cm³/mol. The molecule has 0 unspecified atom stereocenters. The van der Waals surface area contributed by atoms with E-state index in [0.29, 0.717) is 38.9 Å². The summed E-state index contributed by atoms with van der Waals surface area (Å²) in [6, 6.07) is 22.5. The lowest BCUT2D eigenvalue weighted by Crippen LogP contribution is -2.11. The van der Waals surface area contributed by atoms with E-state index in [1.807, 2.05) is 0 Å². The van der Waals surface area contributed by atoms with E-state index in [0.717, 1.165) is 12.1 Å². The van der Waals surface area contributed by atoms with Gasteiger partial charge in [0.2, 0.25) is 0 Å². The Balaban J connectivity index is 1.50. The fourth-order valence-corrected chi connectivity index (χ4v) is 5.25. The first-order valence-corrected chi connectivity index (χ1v) is 13.8. The number of anilines is 1. The average molecular weight is 568 g/mol. The van der Waals surface area contributed by atoms with Crippen LogP contribution < -0.4 is 10.1 Å². The number of hydrogen-bond donors (Lipinski definition) is 2. The Bertz CT molecular complexity index is 1610. The standard InChI is InChI=1S/C29H23ClFNO6S/c30-22-3-1-2-21(18-22)29(35)32-24-7-9-25(10-8-24)38-27-13-4-19(17-28(33)34)16-20(27)14-15-39(36,37)26-11-5-23(31)6-12-26/h1-13,16,18H,14-15,17H2,(H,32,35)(H,33,34). The van der Waals surface area contributed by atoms with Crippen LogP contribution in [0, 0.1) is 5.82 Å². The topological polar surface area (TPSA) is 110 Å². The highest BCUT2D eigenvalue weighted by molar-refractivity contribution is 7.91. The van der Waals surface area contributed by atoms with Crippen LogP contribution >= 0.6 is 11.6 Å². The van der Waals surface area contributed by atoms with E-state index in [2.05, 4.69) is 5.32 Å². The summed E-state index contributed by atoms with van der Waals surface area (Å²) in [4.78, 5) is 23.7. The van der Waals surface area contributed by atoms with Crippen LogP contribution in [-0.2, 0) is 27.5 Å². The maximum Gasteiger partial charge on any atom is 0.307 e. The van der Waals surface area contributed by atoms with Crippen LogP contribution in [0.15, 0.2) is 95.9 Å². The number of aryl methyl sites for hydroxylation is 1. The first-order chi connectivity index (χ1) is 18.6. The van der Waals surface area contributed by atoms with Crippen molar-refractivity contribution in [1.29, 1.82) is 0 Å². The summed E-state index contributed by atoms with van der Waals surface area (Å²) < 4.78 is 44.8. The number of rotatable bonds is 10. The Kier molecular flexibility index (Phi) is 8.63. The molecule has 0 saturated heterocycles. The van der Waals surface area contributed by atoms with Gasteiger partial charge in [0.25, 0.3) is 5.91 Å². The molecule has 0 aliphatic carbocycles. The lowest BCUT2D eigenvalue weighted by Gasteiger charge is -2.14. The lowest BCUT2D eigenvalue weighted by atomic mass is 10.1. The number of carbonyl (C=O) groups is 2. The van der Waals surface area contributed by atoms with Crippen molar-refractivity contribution in [2.24, 2.45) is 0 Å². The summed E-state index contributed by atoms with van der Waals surface area (Å²) in [5.74, 6) is -1.41. The number of sulfone groups is 1. The second kappa shape index (κ2) is 12.1. The van der Waals surface area contributed by atoms with Crippen molar-refractivity contribution in [3.63, 3.8) is 0 Å². The van der Waals surface area contributed by atoms with Crippen LogP contribution in [0.25, 0.3) is 0 Å².